The van der Waals surface area contributed by atoms with Crippen molar-refractivity contribution >= 4 is 94.0 Å². The second-order valence-electron chi connectivity index (χ2n) is 20.5. The van der Waals surface area contributed by atoms with E-state index < -0.39 is 46.6 Å². The van der Waals surface area contributed by atoms with Gasteiger partial charge in [-0.25, -0.2) is 9.69 Å². The van der Waals surface area contributed by atoms with Crippen molar-refractivity contribution in [3.63, 3.8) is 0 Å². The second-order valence-corrected chi connectivity index (χ2v) is 31.8. The largest absolute Gasteiger partial charge is 0.418 e. The Morgan fingerprint density at radius 2 is 1.15 bits per heavy atom. The smallest absolute Gasteiger partial charge is 0.269 e. The van der Waals surface area contributed by atoms with Crippen LogP contribution < -0.4 is 21.5 Å². The van der Waals surface area contributed by atoms with Crippen LogP contribution in [0.15, 0.2) is 100 Å². The first-order valence-electron chi connectivity index (χ1n) is 23.5. The van der Waals surface area contributed by atoms with Crippen LogP contribution in [-0.2, 0) is 13.6 Å². The summed E-state index contributed by atoms with van der Waals surface area (Å²) >= 11 is 3.02. The second kappa shape index (κ2) is 23.8. The number of carbonyl (C=O) groups excluding carboxylic acids is 2. The fourth-order valence-corrected chi connectivity index (χ4v) is 11.8. The molecule has 4 atom stereocenters. The van der Waals surface area contributed by atoms with Crippen molar-refractivity contribution in [2.24, 2.45) is 0 Å². The number of nitriles is 2. The number of benzene rings is 4. The highest BCUT2D eigenvalue weighted by Crippen LogP contribution is 2.43. The first kappa shape index (κ1) is 57.7. The average molecular weight is 1070 g/mol. The van der Waals surface area contributed by atoms with Gasteiger partial charge in [-0.15, -0.1) is 10.2 Å². The highest BCUT2D eigenvalue weighted by atomic mass is 32.1. The van der Waals surface area contributed by atoms with Crippen LogP contribution >= 0.6 is 22.7 Å². The molecule has 4 aromatic carbocycles. The van der Waals surface area contributed by atoms with Gasteiger partial charge in [0.25, 0.3) is 11.8 Å². The van der Waals surface area contributed by atoms with Crippen LogP contribution in [-0.4, -0.2) is 56.9 Å². The molecular weight excluding hydrogens is 1000 g/mol. The van der Waals surface area contributed by atoms with Gasteiger partial charge in [-0.1, -0.05) is 61.1 Å². The van der Waals surface area contributed by atoms with E-state index in [9.17, 15) is 9.59 Å². The SMILES string of the molecule is C.[C-]#[N+]c1ccc(N[C@@H](C(=O)NNC(=O)c2ccc(C#N)cc2)C(C)O[Si](C)(C)C(C)(C)C)c2ccsc12.[C-]#[N+]c1ccc(N[C@@H](c2nnc(-c3ccc(C#N)cc3)o2)C(C)O[Si](C)(C)C(C)(C)C)c2ccsc12. The zero-order valence-electron chi connectivity index (χ0n) is 43.1. The molecule has 2 amide bonds. The van der Waals surface area contributed by atoms with Crippen molar-refractivity contribution in [1.82, 2.24) is 21.0 Å². The lowest BCUT2D eigenvalue weighted by Crippen LogP contribution is -2.55. The van der Waals surface area contributed by atoms with E-state index >= 15 is 0 Å². The first-order chi connectivity index (χ1) is 34.4. The maximum Gasteiger partial charge on any atom is 0.269 e. The molecule has 0 radical (unpaired) electrons. The van der Waals surface area contributed by atoms with E-state index in [4.69, 9.17) is 36.9 Å². The van der Waals surface area contributed by atoms with E-state index in [1.807, 2.05) is 54.9 Å². The minimum atomic E-state index is -2.23. The number of amides is 2. The number of nitrogens with zero attached hydrogens (tertiary/aromatic N) is 6. The van der Waals surface area contributed by atoms with Gasteiger partial charge in [-0.2, -0.15) is 33.2 Å². The number of thiophene rings is 2. The molecule has 4 N–H and O–H groups in total. The molecule has 7 rings (SSSR count). The van der Waals surface area contributed by atoms with Crippen molar-refractivity contribution in [2.75, 3.05) is 10.6 Å². The normalized spacial score (nSPS) is 13.2. The lowest BCUT2D eigenvalue weighted by atomic mass is 10.1. The van der Waals surface area contributed by atoms with E-state index in [0.717, 1.165) is 31.4 Å². The summed E-state index contributed by atoms with van der Waals surface area (Å²) in [5.74, 6) is -0.176. The molecule has 0 fully saturated rings. The molecule has 2 unspecified atom stereocenters. The molecular formula is C55H64N10O5S2Si2. The molecule has 7 aromatic rings. The van der Waals surface area contributed by atoms with E-state index in [-0.39, 0.29) is 23.6 Å². The van der Waals surface area contributed by atoms with Gasteiger partial charge in [-0.3, -0.25) is 20.4 Å². The van der Waals surface area contributed by atoms with Crippen LogP contribution in [0.1, 0.15) is 96.2 Å². The van der Waals surface area contributed by atoms with E-state index in [0.29, 0.717) is 45.5 Å². The summed E-state index contributed by atoms with van der Waals surface area (Å²) < 4.78 is 21.2. The molecule has 0 aliphatic rings. The minimum absolute atomic E-state index is 0. The predicted molar refractivity (Wildman–Crippen MR) is 303 cm³/mol. The van der Waals surface area contributed by atoms with Crippen LogP contribution in [0.5, 0.6) is 0 Å². The molecule has 0 bridgehead atoms. The summed E-state index contributed by atoms with van der Waals surface area (Å²) in [6.45, 7) is 40.5. The van der Waals surface area contributed by atoms with Crippen LogP contribution in [0.25, 0.3) is 41.3 Å². The molecule has 0 aliphatic heterocycles. The number of rotatable bonds is 14. The van der Waals surface area contributed by atoms with Gasteiger partial charge in [0, 0.05) is 42.7 Å². The summed E-state index contributed by atoms with van der Waals surface area (Å²) in [7, 11) is -4.33. The fourth-order valence-electron chi connectivity index (χ4n) is 7.18. The van der Waals surface area contributed by atoms with E-state index in [1.54, 1.807) is 47.7 Å². The fraction of sp³-hybridized carbons (Fsp3) is 0.345. The number of hydrogen-bond acceptors (Lipinski definition) is 13. The Morgan fingerprint density at radius 3 is 1.62 bits per heavy atom. The van der Waals surface area contributed by atoms with Gasteiger partial charge < -0.3 is 23.9 Å². The molecule has 3 aromatic heterocycles. The lowest BCUT2D eigenvalue weighted by molar-refractivity contribution is -0.124. The first-order valence-corrected chi connectivity index (χ1v) is 31.1. The third kappa shape index (κ3) is 13.3. The van der Waals surface area contributed by atoms with Crippen LogP contribution in [0.4, 0.5) is 22.7 Å². The summed E-state index contributed by atoms with van der Waals surface area (Å²) in [5, 5.41) is 39.3. The maximum atomic E-state index is 13.4. The number of carbonyl (C=O) groups is 2. The zero-order valence-corrected chi connectivity index (χ0v) is 46.7. The number of nitrogens with one attached hydrogen (secondary N) is 4. The van der Waals surface area contributed by atoms with Crippen molar-refractivity contribution in [2.45, 2.75) is 123 Å². The summed E-state index contributed by atoms with van der Waals surface area (Å²) in [6.07, 6.45) is -0.795. The third-order valence-corrected chi connectivity index (χ3v) is 24.4. The highest BCUT2D eigenvalue weighted by molar-refractivity contribution is 7.18. The van der Waals surface area contributed by atoms with Gasteiger partial charge in [0.05, 0.1) is 48.6 Å². The number of hydrogen-bond donors (Lipinski definition) is 4. The molecule has 384 valence electrons. The van der Waals surface area contributed by atoms with Crippen LogP contribution in [0, 0.1) is 35.8 Å². The Kier molecular flexibility index (Phi) is 18.5. The summed E-state index contributed by atoms with van der Waals surface area (Å²) in [5.41, 5.74) is 9.80. The number of fused-ring (bicyclic) bond motifs is 2. The zero-order chi connectivity index (χ0) is 53.5. The quantitative estimate of drug-likeness (QED) is 0.0459. The van der Waals surface area contributed by atoms with Gasteiger partial charge in [0.1, 0.15) is 12.1 Å². The summed E-state index contributed by atoms with van der Waals surface area (Å²) in [6, 6.07) is 27.2. The number of aromatic nitrogens is 2. The summed E-state index contributed by atoms with van der Waals surface area (Å²) in [4.78, 5) is 33.3. The third-order valence-electron chi connectivity index (χ3n) is 13.4. The monoisotopic (exact) mass is 1060 g/mol. The molecule has 19 heteroatoms. The number of anilines is 2. The van der Waals surface area contributed by atoms with Gasteiger partial charge in [0.2, 0.25) is 23.2 Å². The van der Waals surface area contributed by atoms with Crippen molar-refractivity contribution < 1.29 is 22.9 Å². The predicted octanol–water partition coefficient (Wildman–Crippen LogP) is 14.5. The van der Waals surface area contributed by atoms with Crippen molar-refractivity contribution in [3.8, 4) is 23.6 Å². The van der Waals surface area contributed by atoms with E-state index in [2.05, 4.69) is 115 Å². The Morgan fingerprint density at radius 1 is 0.676 bits per heavy atom. The Balaban J connectivity index is 0.000000270. The molecule has 15 nitrogen and oxygen atoms in total. The van der Waals surface area contributed by atoms with Crippen molar-refractivity contribution in [3.05, 3.63) is 141 Å². The lowest BCUT2D eigenvalue weighted by Gasteiger charge is -2.40. The molecule has 74 heavy (non-hydrogen) atoms. The van der Waals surface area contributed by atoms with Gasteiger partial charge in [0.15, 0.2) is 16.6 Å². The average Bonchev–Trinajstić information content (AvgIpc) is 4.16. The molecule has 3 heterocycles. The maximum absolute atomic E-state index is 13.4. The Hall–Kier alpha value is -7.21. The minimum Gasteiger partial charge on any atom is -0.418 e. The molecule has 0 aliphatic carbocycles. The Bertz CT molecular complexity index is 3270. The van der Waals surface area contributed by atoms with Crippen molar-refractivity contribution in [1.29, 1.82) is 10.5 Å². The van der Waals surface area contributed by atoms with E-state index in [1.165, 1.54) is 35.6 Å². The topological polar surface area (TPSA) is 196 Å². The standard InChI is InChI=1S/C27H31N5O3SSi.C27H29N5O2SSi.CH4/c1-17(35-37(6,7)27(2,3)4)23(30-21-12-13-22(29-5)24-20(21)14-15-36-24)26(34)32-31-25(33)19-10-8-18(16-28)9-11-19;1-17(34-36(6,7)27(2,3)4)23(30-21-12-13-22(29-5)24-20(21)14-15-35-24)26-32-31-25(33-26)19-10-8-18(16-28)9-11-19;/h8-15,17,23,30H,1-4,6-7H3,(H,31,33)(H,32,34);8-15,17,23,30H,1-4,6-7H3;1H4/t2*17?,23-;/m11./s1. The molecule has 0 saturated carbocycles. The van der Waals surface area contributed by atoms with Crippen LogP contribution in [0.3, 0.4) is 0 Å². The molecule has 0 saturated heterocycles. The molecule has 0 spiro atoms. The van der Waals surface area contributed by atoms with Crippen LogP contribution in [0.2, 0.25) is 36.3 Å². The Labute approximate surface area is 444 Å². The van der Waals surface area contributed by atoms with Gasteiger partial charge in [-0.05, 0) is 134 Å². The number of hydrazine groups is 1. The highest BCUT2D eigenvalue weighted by Gasteiger charge is 2.42. The van der Waals surface area contributed by atoms with Gasteiger partial charge >= 0.3 is 0 Å².